The molecule has 2 rings (SSSR count). The van der Waals surface area contributed by atoms with Gasteiger partial charge in [-0.25, -0.2) is 0 Å². The second-order valence-corrected chi connectivity index (χ2v) is 5.14. The number of hydrogen-bond donors (Lipinski definition) is 0. The Hall–Kier alpha value is -1.35. The van der Waals surface area contributed by atoms with Gasteiger partial charge in [-0.2, -0.15) is 0 Å². The average Bonchev–Trinajstić information content (AvgIpc) is 2.64. The predicted molar refractivity (Wildman–Crippen MR) is 73.7 cm³/mol. The number of hydrogen-bond acceptors (Lipinski definition) is 2. The summed E-state index contributed by atoms with van der Waals surface area (Å²) in [5.74, 6) is 0.168. The first-order valence-corrected chi connectivity index (χ1v) is 6.77. The molecule has 1 aromatic rings. The highest BCUT2D eigenvalue weighted by Crippen LogP contribution is 2.10. The molecule has 0 aromatic heterocycles. The molecule has 0 atom stereocenters. The van der Waals surface area contributed by atoms with Crippen LogP contribution in [0.1, 0.15) is 30.6 Å². The SMILES string of the molecule is CC(C)N1CCCN(C(=O)c2ccccc2)CC1. The Kier molecular flexibility index (Phi) is 4.37. The summed E-state index contributed by atoms with van der Waals surface area (Å²) < 4.78 is 0. The quantitative estimate of drug-likeness (QED) is 0.799. The Bertz CT molecular complexity index is 389. The lowest BCUT2D eigenvalue weighted by Gasteiger charge is -2.24. The summed E-state index contributed by atoms with van der Waals surface area (Å²) in [6, 6.07) is 10.1. The van der Waals surface area contributed by atoms with Crippen LogP contribution in [-0.4, -0.2) is 47.9 Å². The minimum absolute atomic E-state index is 0.168. The van der Waals surface area contributed by atoms with Gasteiger partial charge < -0.3 is 4.90 Å². The maximum atomic E-state index is 12.3. The third kappa shape index (κ3) is 3.10. The van der Waals surface area contributed by atoms with Crippen molar-refractivity contribution in [3.8, 4) is 0 Å². The third-order valence-electron chi connectivity index (χ3n) is 3.57. The molecule has 0 bridgehead atoms. The van der Waals surface area contributed by atoms with Crippen molar-refractivity contribution >= 4 is 5.91 Å². The second-order valence-electron chi connectivity index (χ2n) is 5.14. The zero-order valence-electron chi connectivity index (χ0n) is 11.3. The molecule has 1 fully saturated rings. The van der Waals surface area contributed by atoms with E-state index in [0.29, 0.717) is 6.04 Å². The molecule has 3 nitrogen and oxygen atoms in total. The molecule has 3 heteroatoms. The van der Waals surface area contributed by atoms with Crippen molar-refractivity contribution in [1.82, 2.24) is 9.80 Å². The van der Waals surface area contributed by atoms with Crippen LogP contribution in [-0.2, 0) is 0 Å². The molecule has 0 spiro atoms. The highest BCUT2D eigenvalue weighted by atomic mass is 16.2. The molecule has 1 aliphatic rings. The highest BCUT2D eigenvalue weighted by molar-refractivity contribution is 5.94. The number of rotatable bonds is 2. The average molecular weight is 246 g/mol. The van der Waals surface area contributed by atoms with E-state index in [9.17, 15) is 4.79 Å². The van der Waals surface area contributed by atoms with Gasteiger partial charge in [0.2, 0.25) is 0 Å². The second kappa shape index (κ2) is 6.01. The van der Waals surface area contributed by atoms with Gasteiger partial charge in [0, 0.05) is 37.8 Å². The summed E-state index contributed by atoms with van der Waals surface area (Å²) in [7, 11) is 0. The maximum absolute atomic E-state index is 12.3. The predicted octanol–water partition coefficient (Wildman–Crippen LogP) is 2.24. The molecule has 1 heterocycles. The van der Waals surface area contributed by atoms with E-state index in [1.807, 2.05) is 35.2 Å². The van der Waals surface area contributed by atoms with Crippen molar-refractivity contribution in [2.45, 2.75) is 26.3 Å². The van der Waals surface area contributed by atoms with Gasteiger partial charge in [0.15, 0.2) is 0 Å². The van der Waals surface area contributed by atoms with E-state index in [2.05, 4.69) is 18.7 Å². The smallest absolute Gasteiger partial charge is 0.253 e. The van der Waals surface area contributed by atoms with Crippen LogP contribution in [0.2, 0.25) is 0 Å². The summed E-state index contributed by atoms with van der Waals surface area (Å²) in [4.78, 5) is 16.8. The van der Waals surface area contributed by atoms with E-state index < -0.39 is 0 Å². The Morgan fingerprint density at radius 2 is 1.78 bits per heavy atom. The van der Waals surface area contributed by atoms with Gasteiger partial charge in [0.1, 0.15) is 0 Å². The third-order valence-corrected chi connectivity index (χ3v) is 3.57. The van der Waals surface area contributed by atoms with Crippen LogP contribution in [0, 0.1) is 0 Å². The first-order valence-electron chi connectivity index (χ1n) is 6.77. The molecule has 0 N–H and O–H groups in total. The van der Waals surface area contributed by atoms with Crippen molar-refractivity contribution in [3.63, 3.8) is 0 Å². The van der Waals surface area contributed by atoms with Crippen molar-refractivity contribution < 1.29 is 4.79 Å². The minimum Gasteiger partial charge on any atom is -0.337 e. The summed E-state index contributed by atoms with van der Waals surface area (Å²) in [5.41, 5.74) is 0.801. The van der Waals surface area contributed by atoms with Gasteiger partial charge in [0.25, 0.3) is 5.91 Å². The molecular weight excluding hydrogens is 224 g/mol. The molecule has 1 amide bonds. The lowest BCUT2D eigenvalue weighted by molar-refractivity contribution is 0.0759. The fourth-order valence-electron chi connectivity index (χ4n) is 2.42. The van der Waals surface area contributed by atoms with Gasteiger partial charge >= 0.3 is 0 Å². The first kappa shape index (κ1) is 13.1. The van der Waals surface area contributed by atoms with Gasteiger partial charge in [-0.15, -0.1) is 0 Å². The van der Waals surface area contributed by atoms with Crippen LogP contribution in [0.5, 0.6) is 0 Å². The maximum Gasteiger partial charge on any atom is 0.253 e. The first-order chi connectivity index (χ1) is 8.68. The summed E-state index contributed by atoms with van der Waals surface area (Å²) >= 11 is 0. The molecule has 1 aromatic carbocycles. The van der Waals surface area contributed by atoms with Crippen LogP contribution in [0.15, 0.2) is 30.3 Å². The molecule has 0 saturated carbocycles. The Balaban J connectivity index is 2.00. The monoisotopic (exact) mass is 246 g/mol. The standard InChI is InChI=1S/C15H22N2O/c1-13(2)16-9-6-10-17(12-11-16)15(18)14-7-4-3-5-8-14/h3-5,7-8,13H,6,9-12H2,1-2H3. The van der Waals surface area contributed by atoms with Crippen LogP contribution in [0.3, 0.4) is 0 Å². The van der Waals surface area contributed by atoms with Gasteiger partial charge in [-0.1, -0.05) is 18.2 Å². The zero-order valence-corrected chi connectivity index (χ0v) is 11.3. The lowest BCUT2D eigenvalue weighted by atomic mass is 10.2. The summed E-state index contributed by atoms with van der Waals surface area (Å²) in [6.07, 6.45) is 1.07. The van der Waals surface area contributed by atoms with Crippen molar-refractivity contribution in [2.24, 2.45) is 0 Å². The Morgan fingerprint density at radius 1 is 1.06 bits per heavy atom. The van der Waals surface area contributed by atoms with Crippen LogP contribution >= 0.6 is 0 Å². The minimum atomic E-state index is 0.168. The van der Waals surface area contributed by atoms with Crippen LogP contribution in [0.4, 0.5) is 0 Å². The van der Waals surface area contributed by atoms with E-state index in [-0.39, 0.29) is 5.91 Å². The Labute approximate surface area is 109 Å². The van der Waals surface area contributed by atoms with Crippen molar-refractivity contribution in [1.29, 1.82) is 0 Å². The van der Waals surface area contributed by atoms with E-state index in [1.54, 1.807) is 0 Å². The van der Waals surface area contributed by atoms with Crippen LogP contribution in [0.25, 0.3) is 0 Å². The number of amides is 1. The van der Waals surface area contributed by atoms with E-state index in [4.69, 9.17) is 0 Å². The fourth-order valence-corrected chi connectivity index (χ4v) is 2.42. The number of nitrogens with zero attached hydrogens (tertiary/aromatic N) is 2. The van der Waals surface area contributed by atoms with Gasteiger partial charge in [-0.05, 0) is 32.4 Å². The summed E-state index contributed by atoms with van der Waals surface area (Å²) in [5, 5.41) is 0. The topological polar surface area (TPSA) is 23.6 Å². The Morgan fingerprint density at radius 3 is 2.44 bits per heavy atom. The molecule has 0 aliphatic carbocycles. The number of benzene rings is 1. The van der Waals surface area contributed by atoms with Gasteiger partial charge in [-0.3, -0.25) is 9.69 Å². The van der Waals surface area contributed by atoms with Crippen molar-refractivity contribution in [3.05, 3.63) is 35.9 Å². The van der Waals surface area contributed by atoms with Gasteiger partial charge in [0.05, 0.1) is 0 Å². The molecule has 18 heavy (non-hydrogen) atoms. The van der Waals surface area contributed by atoms with Crippen LogP contribution < -0.4 is 0 Å². The highest BCUT2D eigenvalue weighted by Gasteiger charge is 2.20. The summed E-state index contributed by atoms with van der Waals surface area (Å²) in [6.45, 7) is 8.22. The largest absolute Gasteiger partial charge is 0.337 e. The molecular formula is C15H22N2O. The number of carbonyl (C=O) groups excluding carboxylic acids is 1. The zero-order chi connectivity index (χ0) is 13.0. The lowest BCUT2D eigenvalue weighted by Crippen LogP contribution is -2.37. The molecule has 98 valence electrons. The van der Waals surface area contributed by atoms with E-state index in [0.717, 1.165) is 38.2 Å². The molecule has 0 radical (unpaired) electrons. The molecule has 0 unspecified atom stereocenters. The molecule has 1 saturated heterocycles. The molecule has 1 aliphatic heterocycles. The van der Waals surface area contributed by atoms with E-state index >= 15 is 0 Å². The normalized spacial score (nSPS) is 17.8. The number of carbonyl (C=O) groups is 1. The van der Waals surface area contributed by atoms with Crippen molar-refractivity contribution in [2.75, 3.05) is 26.2 Å². The van der Waals surface area contributed by atoms with E-state index in [1.165, 1.54) is 0 Å². The fraction of sp³-hybridized carbons (Fsp3) is 0.533.